The summed E-state index contributed by atoms with van der Waals surface area (Å²) in [5.41, 5.74) is 2.81. The second-order valence-electron chi connectivity index (χ2n) is 6.92. The average molecular weight is 346 g/mol. The Morgan fingerprint density at radius 2 is 2.00 bits per heavy atom. The standard InChI is InChI=1S/C19H26N2O4/c1-12-8-13(2)10-14(9-12)19(23)21-11-15(17-16(21)4-6-25-17)18(22)20-5-7-24-3/h8-10,15-17H,4-7,11H2,1-3H3,(H,20,22)/t15-,16+,17+/m0/s1. The molecule has 0 aromatic heterocycles. The molecule has 2 fully saturated rings. The fraction of sp³-hybridized carbons (Fsp3) is 0.579. The topological polar surface area (TPSA) is 67.9 Å². The zero-order valence-corrected chi connectivity index (χ0v) is 15.1. The minimum atomic E-state index is -0.320. The van der Waals surface area contributed by atoms with Gasteiger partial charge in [0.1, 0.15) is 0 Å². The van der Waals surface area contributed by atoms with Crippen molar-refractivity contribution in [2.45, 2.75) is 32.4 Å². The van der Waals surface area contributed by atoms with Crippen LogP contribution in [0.1, 0.15) is 27.9 Å². The molecule has 2 aliphatic heterocycles. The lowest BCUT2D eigenvalue weighted by Gasteiger charge is -2.23. The maximum atomic E-state index is 13.0. The first-order chi connectivity index (χ1) is 12.0. The number of nitrogens with zero attached hydrogens (tertiary/aromatic N) is 1. The van der Waals surface area contributed by atoms with E-state index in [-0.39, 0.29) is 29.9 Å². The fourth-order valence-electron chi connectivity index (χ4n) is 3.91. The molecular formula is C19H26N2O4. The number of likely N-dealkylation sites (tertiary alicyclic amines) is 1. The Morgan fingerprint density at radius 1 is 1.28 bits per heavy atom. The van der Waals surface area contributed by atoms with Crippen LogP contribution in [-0.4, -0.2) is 62.3 Å². The summed E-state index contributed by atoms with van der Waals surface area (Å²) in [6.45, 7) is 5.91. The van der Waals surface area contributed by atoms with E-state index in [1.807, 2.05) is 36.9 Å². The molecule has 0 saturated carbocycles. The van der Waals surface area contributed by atoms with E-state index in [0.29, 0.717) is 31.9 Å². The van der Waals surface area contributed by atoms with Crippen LogP contribution in [0, 0.1) is 19.8 Å². The fourth-order valence-corrected chi connectivity index (χ4v) is 3.91. The molecule has 2 amide bonds. The molecule has 6 nitrogen and oxygen atoms in total. The molecule has 3 rings (SSSR count). The predicted octanol–water partition coefficient (Wildman–Crippen LogP) is 1.30. The van der Waals surface area contributed by atoms with Crippen molar-refractivity contribution in [1.29, 1.82) is 0 Å². The SMILES string of the molecule is COCCNC(=O)[C@H]1CN(C(=O)c2cc(C)cc(C)c2)[C@@H]2CCO[C@H]12. The summed E-state index contributed by atoms with van der Waals surface area (Å²) < 4.78 is 10.8. The van der Waals surface area contributed by atoms with E-state index in [4.69, 9.17) is 9.47 Å². The molecule has 0 aliphatic carbocycles. The average Bonchev–Trinajstić information content (AvgIpc) is 3.15. The molecule has 25 heavy (non-hydrogen) atoms. The highest BCUT2D eigenvalue weighted by atomic mass is 16.5. The van der Waals surface area contributed by atoms with Crippen LogP contribution in [0.2, 0.25) is 0 Å². The molecule has 2 heterocycles. The number of ether oxygens (including phenoxy) is 2. The summed E-state index contributed by atoms with van der Waals surface area (Å²) in [6.07, 6.45) is 0.570. The summed E-state index contributed by atoms with van der Waals surface area (Å²) in [6, 6.07) is 5.85. The zero-order chi connectivity index (χ0) is 18.0. The molecule has 1 aromatic rings. The minimum Gasteiger partial charge on any atom is -0.383 e. The van der Waals surface area contributed by atoms with Crippen molar-refractivity contribution in [2.75, 3.05) is 33.4 Å². The van der Waals surface area contributed by atoms with Gasteiger partial charge in [-0.05, 0) is 32.4 Å². The van der Waals surface area contributed by atoms with Crippen LogP contribution >= 0.6 is 0 Å². The molecule has 0 spiro atoms. The Hall–Kier alpha value is -1.92. The van der Waals surface area contributed by atoms with Crippen molar-refractivity contribution in [3.63, 3.8) is 0 Å². The number of carbonyl (C=O) groups excluding carboxylic acids is 2. The molecule has 136 valence electrons. The van der Waals surface area contributed by atoms with Crippen LogP contribution in [0.3, 0.4) is 0 Å². The first kappa shape index (κ1) is 17.9. The third-order valence-electron chi connectivity index (χ3n) is 4.97. The van der Waals surface area contributed by atoms with E-state index in [0.717, 1.165) is 17.5 Å². The van der Waals surface area contributed by atoms with Crippen LogP contribution < -0.4 is 5.32 Å². The maximum Gasteiger partial charge on any atom is 0.254 e. The summed E-state index contributed by atoms with van der Waals surface area (Å²) in [5.74, 6) is -0.400. The van der Waals surface area contributed by atoms with Gasteiger partial charge < -0.3 is 19.7 Å². The van der Waals surface area contributed by atoms with Crippen molar-refractivity contribution in [1.82, 2.24) is 10.2 Å². The first-order valence-corrected chi connectivity index (χ1v) is 8.79. The van der Waals surface area contributed by atoms with Gasteiger partial charge in [0.05, 0.1) is 24.7 Å². The van der Waals surface area contributed by atoms with Gasteiger partial charge in [-0.2, -0.15) is 0 Å². The number of hydrogen-bond acceptors (Lipinski definition) is 4. The Kier molecular flexibility index (Phi) is 5.39. The predicted molar refractivity (Wildman–Crippen MR) is 93.5 cm³/mol. The third-order valence-corrected chi connectivity index (χ3v) is 4.97. The van der Waals surface area contributed by atoms with Crippen LogP contribution in [0.5, 0.6) is 0 Å². The van der Waals surface area contributed by atoms with Crippen molar-refractivity contribution in [3.8, 4) is 0 Å². The Morgan fingerprint density at radius 3 is 2.68 bits per heavy atom. The first-order valence-electron chi connectivity index (χ1n) is 8.79. The third kappa shape index (κ3) is 3.70. The lowest BCUT2D eigenvalue weighted by atomic mass is 10.0. The number of rotatable bonds is 5. The molecule has 0 unspecified atom stereocenters. The van der Waals surface area contributed by atoms with Crippen LogP contribution in [0.4, 0.5) is 0 Å². The second-order valence-corrected chi connectivity index (χ2v) is 6.92. The lowest BCUT2D eigenvalue weighted by Crippen LogP contribution is -2.39. The van der Waals surface area contributed by atoms with Crippen molar-refractivity contribution >= 4 is 11.8 Å². The van der Waals surface area contributed by atoms with E-state index in [1.54, 1.807) is 7.11 Å². The zero-order valence-electron chi connectivity index (χ0n) is 15.1. The van der Waals surface area contributed by atoms with E-state index in [1.165, 1.54) is 0 Å². The van der Waals surface area contributed by atoms with Crippen molar-refractivity contribution < 1.29 is 19.1 Å². The Labute approximate surface area is 148 Å². The van der Waals surface area contributed by atoms with Gasteiger partial charge in [-0.15, -0.1) is 0 Å². The molecule has 2 aliphatic rings. The molecule has 2 saturated heterocycles. The van der Waals surface area contributed by atoms with Gasteiger partial charge in [-0.1, -0.05) is 17.2 Å². The number of benzene rings is 1. The van der Waals surface area contributed by atoms with Gasteiger partial charge in [0.25, 0.3) is 5.91 Å². The number of amides is 2. The second kappa shape index (κ2) is 7.54. The largest absolute Gasteiger partial charge is 0.383 e. The molecule has 1 aromatic carbocycles. The smallest absolute Gasteiger partial charge is 0.254 e. The van der Waals surface area contributed by atoms with Crippen LogP contribution in [-0.2, 0) is 14.3 Å². The number of hydrogen-bond donors (Lipinski definition) is 1. The molecular weight excluding hydrogens is 320 g/mol. The molecule has 3 atom stereocenters. The molecule has 6 heteroatoms. The quantitative estimate of drug-likeness (QED) is 0.816. The maximum absolute atomic E-state index is 13.0. The summed E-state index contributed by atoms with van der Waals surface area (Å²) >= 11 is 0. The van der Waals surface area contributed by atoms with Gasteiger partial charge >= 0.3 is 0 Å². The van der Waals surface area contributed by atoms with Crippen LogP contribution in [0.15, 0.2) is 18.2 Å². The summed E-state index contributed by atoms with van der Waals surface area (Å²) in [5, 5.41) is 2.87. The number of fused-ring (bicyclic) bond motifs is 1. The number of methoxy groups -OCH3 is 1. The van der Waals surface area contributed by atoms with E-state index in [2.05, 4.69) is 5.32 Å². The summed E-state index contributed by atoms with van der Waals surface area (Å²) in [7, 11) is 1.60. The van der Waals surface area contributed by atoms with Crippen molar-refractivity contribution in [3.05, 3.63) is 34.9 Å². The minimum absolute atomic E-state index is 0.0144. The monoisotopic (exact) mass is 346 g/mol. The molecule has 0 radical (unpaired) electrons. The summed E-state index contributed by atoms with van der Waals surface area (Å²) in [4.78, 5) is 27.4. The van der Waals surface area contributed by atoms with E-state index >= 15 is 0 Å². The number of carbonyl (C=O) groups is 2. The lowest BCUT2D eigenvalue weighted by molar-refractivity contribution is -0.127. The Balaban J connectivity index is 1.76. The van der Waals surface area contributed by atoms with Crippen molar-refractivity contribution in [2.24, 2.45) is 5.92 Å². The van der Waals surface area contributed by atoms with Gasteiger partial charge in [0, 0.05) is 32.4 Å². The highest BCUT2D eigenvalue weighted by Gasteiger charge is 2.50. The van der Waals surface area contributed by atoms with E-state index in [9.17, 15) is 9.59 Å². The Bertz CT molecular complexity index is 641. The van der Waals surface area contributed by atoms with Gasteiger partial charge in [-0.25, -0.2) is 0 Å². The molecule has 0 bridgehead atoms. The van der Waals surface area contributed by atoms with E-state index < -0.39 is 0 Å². The molecule has 1 N–H and O–H groups in total. The van der Waals surface area contributed by atoms with Gasteiger partial charge in [0.15, 0.2) is 0 Å². The highest BCUT2D eigenvalue weighted by molar-refractivity contribution is 5.96. The van der Waals surface area contributed by atoms with Crippen LogP contribution in [0.25, 0.3) is 0 Å². The normalized spacial score (nSPS) is 25.1. The number of nitrogens with one attached hydrogen (secondary N) is 1. The van der Waals surface area contributed by atoms with Gasteiger partial charge in [0.2, 0.25) is 5.91 Å². The number of aryl methyl sites for hydroxylation is 2. The van der Waals surface area contributed by atoms with Gasteiger partial charge in [-0.3, -0.25) is 9.59 Å². The highest BCUT2D eigenvalue weighted by Crippen LogP contribution is 2.34.